The van der Waals surface area contributed by atoms with Crippen molar-refractivity contribution in [2.24, 2.45) is 0 Å². The highest BCUT2D eigenvalue weighted by Crippen LogP contribution is 2.49. The molecule has 14 heavy (non-hydrogen) atoms. The first-order valence-corrected chi connectivity index (χ1v) is 5.45. The summed E-state index contributed by atoms with van der Waals surface area (Å²) in [7, 11) is 0. The van der Waals surface area contributed by atoms with Crippen LogP contribution >= 0.6 is 15.9 Å². The van der Waals surface area contributed by atoms with E-state index in [1.54, 1.807) is 6.08 Å². The lowest BCUT2D eigenvalue weighted by molar-refractivity contribution is -0.104. The van der Waals surface area contributed by atoms with Gasteiger partial charge < -0.3 is 0 Å². The first-order valence-electron chi connectivity index (χ1n) is 4.66. The highest BCUT2D eigenvalue weighted by molar-refractivity contribution is 9.10. The zero-order chi connectivity index (χ0) is 10.0. The third kappa shape index (κ3) is 1.80. The highest BCUT2D eigenvalue weighted by Gasteiger charge is 2.41. The number of allylic oxidation sites excluding steroid dienone is 2. The predicted octanol–water partition coefficient (Wildman–Crippen LogP) is 3.24. The largest absolute Gasteiger partial charge is 0.299 e. The third-order valence-corrected chi connectivity index (χ3v) is 3.23. The second-order valence-electron chi connectivity index (χ2n) is 3.66. The predicted molar refractivity (Wildman–Crippen MR) is 60.3 cm³/mol. The maximum absolute atomic E-state index is 10.3. The first kappa shape index (κ1) is 9.66. The number of hydrogen-bond donors (Lipinski definition) is 0. The lowest BCUT2D eigenvalue weighted by Gasteiger charge is -2.09. The fourth-order valence-corrected chi connectivity index (χ4v) is 1.96. The van der Waals surface area contributed by atoms with Crippen molar-refractivity contribution in [1.29, 1.82) is 0 Å². The van der Waals surface area contributed by atoms with Crippen molar-refractivity contribution in [2.75, 3.05) is 0 Å². The van der Waals surface area contributed by atoms with E-state index in [4.69, 9.17) is 0 Å². The molecule has 0 N–H and O–H groups in total. The quantitative estimate of drug-likeness (QED) is 0.595. The van der Waals surface area contributed by atoms with E-state index < -0.39 is 0 Å². The minimum Gasteiger partial charge on any atom is -0.299 e. The number of carbonyl (C=O) groups excluding carboxylic acids is 1. The lowest BCUT2D eigenvalue weighted by Crippen LogP contribution is -2.01. The van der Waals surface area contributed by atoms with Gasteiger partial charge in [0.25, 0.3) is 0 Å². The molecule has 0 heterocycles. The molecule has 1 nitrogen and oxygen atoms in total. The fourth-order valence-electron chi connectivity index (χ4n) is 1.69. The van der Waals surface area contributed by atoms with Crippen LogP contribution in [0.4, 0.5) is 0 Å². The lowest BCUT2D eigenvalue weighted by atomic mass is 9.96. The molecule has 1 aliphatic rings. The van der Waals surface area contributed by atoms with Gasteiger partial charge in [-0.2, -0.15) is 0 Å². The number of carbonyl (C=O) groups is 1. The van der Waals surface area contributed by atoms with Crippen molar-refractivity contribution in [3.05, 3.63) is 46.5 Å². The van der Waals surface area contributed by atoms with Gasteiger partial charge in [-0.3, -0.25) is 4.79 Å². The summed E-state index contributed by atoms with van der Waals surface area (Å²) in [6.45, 7) is 0. The average Bonchev–Trinajstić information content (AvgIpc) is 2.97. The molecule has 0 spiro atoms. The molecule has 0 atom stereocenters. The van der Waals surface area contributed by atoms with Crippen LogP contribution in [-0.2, 0) is 10.2 Å². The van der Waals surface area contributed by atoms with Crippen molar-refractivity contribution < 1.29 is 4.79 Å². The molecule has 1 aliphatic carbocycles. The third-order valence-electron chi connectivity index (χ3n) is 2.70. The number of halogens is 1. The van der Waals surface area contributed by atoms with Crippen LogP contribution in [-0.4, -0.2) is 6.29 Å². The van der Waals surface area contributed by atoms with E-state index in [2.05, 4.69) is 28.1 Å². The summed E-state index contributed by atoms with van der Waals surface area (Å²) in [5.41, 5.74) is 1.46. The van der Waals surface area contributed by atoms with Crippen LogP contribution in [0.15, 0.2) is 40.9 Å². The van der Waals surface area contributed by atoms with Crippen LogP contribution in [0.1, 0.15) is 18.4 Å². The van der Waals surface area contributed by atoms with E-state index in [1.807, 2.05) is 18.2 Å². The summed E-state index contributed by atoms with van der Waals surface area (Å²) in [5, 5.41) is 0. The Balaban J connectivity index is 2.26. The molecule has 2 rings (SSSR count). The van der Waals surface area contributed by atoms with E-state index in [0.29, 0.717) is 0 Å². The van der Waals surface area contributed by atoms with Crippen molar-refractivity contribution in [3.63, 3.8) is 0 Å². The molecule has 1 saturated carbocycles. The molecule has 0 unspecified atom stereocenters. The van der Waals surface area contributed by atoms with Gasteiger partial charge in [0.1, 0.15) is 6.29 Å². The van der Waals surface area contributed by atoms with Crippen molar-refractivity contribution in [3.8, 4) is 0 Å². The molecule has 2 heteroatoms. The molecular weight excluding hydrogens is 240 g/mol. The van der Waals surface area contributed by atoms with Crippen molar-refractivity contribution in [2.45, 2.75) is 18.3 Å². The van der Waals surface area contributed by atoms with Crippen LogP contribution in [0.25, 0.3) is 0 Å². The fraction of sp³-hybridized carbons (Fsp3) is 0.250. The summed E-state index contributed by atoms with van der Waals surface area (Å²) < 4.78 is 1.09. The maximum Gasteiger partial charge on any atom is 0.142 e. The second-order valence-corrected chi connectivity index (χ2v) is 4.57. The number of benzene rings is 1. The summed E-state index contributed by atoms with van der Waals surface area (Å²) in [4.78, 5) is 10.3. The zero-order valence-corrected chi connectivity index (χ0v) is 9.33. The molecule has 0 aliphatic heterocycles. The Labute approximate surface area is 92.0 Å². The van der Waals surface area contributed by atoms with Crippen molar-refractivity contribution in [1.82, 2.24) is 0 Å². The Bertz CT molecular complexity index is 360. The molecule has 72 valence electrons. The van der Waals surface area contributed by atoms with Gasteiger partial charge in [-0.15, -0.1) is 0 Å². The van der Waals surface area contributed by atoms with E-state index in [-0.39, 0.29) is 5.41 Å². The van der Waals surface area contributed by atoms with Crippen LogP contribution in [0.5, 0.6) is 0 Å². The average molecular weight is 251 g/mol. The maximum atomic E-state index is 10.3. The molecular formula is C12H11BrO. The van der Waals surface area contributed by atoms with Crippen LogP contribution < -0.4 is 0 Å². The van der Waals surface area contributed by atoms with Crippen LogP contribution in [0, 0.1) is 0 Å². The number of aldehydes is 1. The highest BCUT2D eigenvalue weighted by atomic mass is 79.9. The minimum atomic E-state index is 0.154. The van der Waals surface area contributed by atoms with Gasteiger partial charge >= 0.3 is 0 Å². The Morgan fingerprint density at radius 1 is 1.21 bits per heavy atom. The minimum absolute atomic E-state index is 0.154. The SMILES string of the molecule is O=C/C=C/C1(c2ccc(Br)cc2)CC1. The molecule has 1 aromatic carbocycles. The molecule has 0 bridgehead atoms. The molecule has 1 fully saturated rings. The van der Waals surface area contributed by atoms with Gasteiger partial charge in [-0.1, -0.05) is 34.1 Å². The van der Waals surface area contributed by atoms with Crippen LogP contribution in [0.2, 0.25) is 0 Å². The van der Waals surface area contributed by atoms with Gasteiger partial charge in [0.15, 0.2) is 0 Å². The van der Waals surface area contributed by atoms with E-state index in [0.717, 1.165) is 23.6 Å². The summed E-state index contributed by atoms with van der Waals surface area (Å²) in [6, 6.07) is 8.33. The molecule has 0 aromatic heterocycles. The normalized spacial score (nSPS) is 18.4. The monoisotopic (exact) mass is 250 g/mol. The smallest absolute Gasteiger partial charge is 0.142 e. The number of rotatable bonds is 3. The molecule has 0 radical (unpaired) electrons. The van der Waals surface area contributed by atoms with E-state index >= 15 is 0 Å². The summed E-state index contributed by atoms with van der Waals surface area (Å²) in [5.74, 6) is 0. The van der Waals surface area contributed by atoms with Gasteiger partial charge in [0.2, 0.25) is 0 Å². The summed E-state index contributed by atoms with van der Waals surface area (Å²) >= 11 is 3.41. The molecule has 1 aromatic rings. The standard InChI is InChI=1S/C12H11BrO/c13-11-4-2-10(3-5-11)12(7-8-12)6-1-9-14/h1-6,9H,7-8H2/b6-1+. The molecule has 0 saturated heterocycles. The van der Waals surface area contributed by atoms with Gasteiger partial charge in [-0.05, 0) is 36.6 Å². The zero-order valence-electron chi connectivity index (χ0n) is 7.74. The van der Waals surface area contributed by atoms with Gasteiger partial charge in [-0.25, -0.2) is 0 Å². The Hall–Kier alpha value is -0.890. The first-order chi connectivity index (χ1) is 6.77. The van der Waals surface area contributed by atoms with Gasteiger partial charge in [0, 0.05) is 9.89 Å². The second kappa shape index (κ2) is 3.70. The van der Waals surface area contributed by atoms with Crippen LogP contribution in [0.3, 0.4) is 0 Å². The van der Waals surface area contributed by atoms with Gasteiger partial charge in [0.05, 0.1) is 0 Å². The number of hydrogen-bond acceptors (Lipinski definition) is 1. The molecule has 0 amide bonds. The van der Waals surface area contributed by atoms with Crippen molar-refractivity contribution >= 4 is 22.2 Å². The summed E-state index contributed by atoms with van der Waals surface area (Å²) in [6.07, 6.45) is 6.77. The Morgan fingerprint density at radius 2 is 1.86 bits per heavy atom. The Morgan fingerprint density at radius 3 is 2.36 bits per heavy atom. The van der Waals surface area contributed by atoms with E-state index in [9.17, 15) is 4.79 Å². The van der Waals surface area contributed by atoms with E-state index in [1.165, 1.54) is 5.56 Å². The Kier molecular flexibility index (Phi) is 2.55. The topological polar surface area (TPSA) is 17.1 Å².